The minimum atomic E-state index is -0.320. The summed E-state index contributed by atoms with van der Waals surface area (Å²) in [7, 11) is 0. The Bertz CT molecular complexity index is 1060. The summed E-state index contributed by atoms with van der Waals surface area (Å²) in [4.78, 5) is 19.4. The van der Waals surface area contributed by atoms with Crippen LogP contribution in [0.3, 0.4) is 0 Å². The number of amides is 1. The first-order valence-corrected chi connectivity index (χ1v) is 10.4. The van der Waals surface area contributed by atoms with Gasteiger partial charge in [-0.3, -0.25) is 4.79 Å². The molecule has 1 aliphatic heterocycles. The molecule has 3 unspecified atom stereocenters. The molecule has 4 rings (SSSR count). The van der Waals surface area contributed by atoms with E-state index in [0.717, 1.165) is 5.56 Å². The van der Waals surface area contributed by atoms with Gasteiger partial charge in [-0.25, -0.2) is 9.37 Å². The van der Waals surface area contributed by atoms with Crippen LogP contribution in [0.1, 0.15) is 40.9 Å². The average Bonchev–Trinajstić information content (AvgIpc) is 3.21. The van der Waals surface area contributed by atoms with Crippen LogP contribution in [0.4, 0.5) is 4.39 Å². The summed E-state index contributed by atoms with van der Waals surface area (Å²) in [5.41, 5.74) is 2.14. The number of benzene rings is 1. The smallest absolute Gasteiger partial charge is 0.255 e. The van der Waals surface area contributed by atoms with Crippen molar-refractivity contribution >= 4 is 17.5 Å². The first kappa shape index (κ1) is 21.2. The summed E-state index contributed by atoms with van der Waals surface area (Å²) in [6, 6.07) is 11.4. The Labute approximate surface area is 185 Å². The standard InChI is InChI=1S/C23H22ClFN4O2/c1-14-9-17(11-27-28-14)23(30)29-13-18(16-3-6-20(25)7-4-16)10-21(29)15(2)31-22-8-5-19(24)12-26-22/h3-9,11-12,15,18,21H,10,13H2,1-2H3. The second-order valence-electron chi connectivity index (χ2n) is 7.73. The van der Waals surface area contributed by atoms with E-state index in [4.69, 9.17) is 16.3 Å². The Morgan fingerprint density at radius 2 is 2.00 bits per heavy atom. The van der Waals surface area contributed by atoms with Crippen molar-refractivity contribution in [1.29, 1.82) is 0 Å². The second-order valence-corrected chi connectivity index (χ2v) is 8.17. The fourth-order valence-electron chi connectivity index (χ4n) is 3.98. The van der Waals surface area contributed by atoms with Crippen LogP contribution in [0, 0.1) is 12.7 Å². The zero-order valence-corrected chi connectivity index (χ0v) is 18.0. The van der Waals surface area contributed by atoms with Crippen LogP contribution < -0.4 is 4.74 Å². The number of pyridine rings is 1. The molecule has 1 aliphatic rings. The van der Waals surface area contributed by atoms with E-state index < -0.39 is 0 Å². The summed E-state index contributed by atoms with van der Waals surface area (Å²) in [5, 5.41) is 8.38. The Morgan fingerprint density at radius 1 is 1.23 bits per heavy atom. The molecule has 1 saturated heterocycles. The van der Waals surface area contributed by atoms with Gasteiger partial charge < -0.3 is 9.64 Å². The van der Waals surface area contributed by atoms with Gasteiger partial charge in [0.1, 0.15) is 11.9 Å². The number of hydrogen-bond donors (Lipinski definition) is 0. The average molecular weight is 441 g/mol. The van der Waals surface area contributed by atoms with Crippen molar-refractivity contribution < 1.29 is 13.9 Å². The molecule has 8 heteroatoms. The predicted octanol–water partition coefficient (Wildman–Crippen LogP) is 4.44. The highest BCUT2D eigenvalue weighted by Gasteiger charge is 2.40. The molecule has 31 heavy (non-hydrogen) atoms. The van der Waals surface area contributed by atoms with Crippen LogP contribution in [-0.4, -0.2) is 44.7 Å². The van der Waals surface area contributed by atoms with Crippen molar-refractivity contribution in [2.75, 3.05) is 6.54 Å². The van der Waals surface area contributed by atoms with Crippen molar-refractivity contribution in [2.45, 2.75) is 38.3 Å². The quantitative estimate of drug-likeness (QED) is 0.586. The number of halogens is 2. The van der Waals surface area contributed by atoms with E-state index in [-0.39, 0.29) is 29.8 Å². The monoisotopic (exact) mass is 440 g/mol. The number of carbonyl (C=O) groups excluding carboxylic acids is 1. The van der Waals surface area contributed by atoms with Crippen LogP contribution in [0.2, 0.25) is 5.02 Å². The van der Waals surface area contributed by atoms with Crippen molar-refractivity contribution in [3.63, 3.8) is 0 Å². The fraction of sp³-hybridized carbons (Fsp3) is 0.304. The molecule has 0 bridgehead atoms. The third-order valence-electron chi connectivity index (χ3n) is 5.52. The van der Waals surface area contributed by atoms with E-state index in [1.165, 1.54) is 24.5 Å². The first-order valence-electron chi connectivity index (χ1n) is 10.0. The largest absolute Gasteiger partial charge is 0.472 e. The van der Waals surface area contributed by atoms with Crippen LogP contribution in [-0.2, 0) is 0 Å². The van der Waals surface area contributed by atoms with Crippen LogP contribution in [0.5, 0.6) is 5.88 Å². The molecule has 1 amide bonds. The first-order chi connectivity index (χ1) is 14.9. The third kappa shape index (κ3) is 4.82. The van der Waals surface area contributed by atoms with Gasteiger partial charge in [-0.15, -0.1) is 0 Å². The molecular formula is C23H22ClFN4O2. The summed E-state index contributed by atoms with van der Waals surface area (Å²) in [5.74, 6) is 0.0906. The van der Waals surface area contributed by atoms with Gasteiger partial charge in [-0.1, -0.05) is 23.7 Å². The number of ether oxygens (including phenoxy) is 1. The summed E-state index contributed by atoms with van der Waals surface area (Å²) >= 11 is 5.91. The number of aromatic nitrogens is 3. The van der Waals surface area contributed by atoms with Gasteiger partial charge >= 0.3 is 0 Å². The van der Waals surface area contributed by atoms with Crippen molar-refractivity contribution in [3.8, 4) is 5.88 Å². The number of carbonyl (C=O) groups is 1. The van der Waals surface area contributed by atoms with Crippen molar-refractivity contribution in [2.24, 2.45) is 0 Å². The molecule has 1 fully saturated rings. The SMILES string of the molecule is Cc1cc(C(=O)N2CC(c3ccc(F)cc3)CC2C(C)Oc2ccc(Cl)cn2)cnn1. The van der Waals surface area contributed by atoms with E-state index in [9.17, 15) is 9.18 Å². The van der Waals surface area contributed by atoms with E-state index in [2.05, 4.69) is 15.2 Å². The number of rotatable bonds is 5. The molecule has 160 valence electrons. The second kappa shape index (κ2) is 8.98. The van der Waals surface area contributed by atoms with Crippen LogP contribution in [0.25, 0.3) is 0 Å². The maximum absolute atomic E-state index is 13.4. The molecule has 0 aliphatic carbocycles. The van der Waals surface area contributed by atoms with Crippen molar-refractivity contribution in [3.05, 3.63) is 82.5 Å². The fourth-order valence-corrected chi connectivity index (χ4v) is 4.09. The van der Waals surface area contributed by atoms with E-state index in [1.54, 1.807) is 37.3 Å². The number of nitrogens with zero attached hydrogens (tertiary/aromatic N) is 4. The maximum Gasteiger partial charge on any atom is 0.255 e. The number of aryl methyl sites for hydroxylation is 1. The van der Waals surface area contributed by atoms with Crippen LogP contribution in [0.15, 0.2) is 54.9 Å². The minimum Gasteiger partial charge on any atom is -0.472 e. The van der Waals surface area contributed by atoms with Gasteiger partial charge in [0.2, 0.25) is 5.88 Å². The van der Waals surface area contributed by atoms with Gasteiger partial charge in [0.05, 0.1) is 28.5 Å². The minimum absolute atomic E-state index is 0.0645. The highest BCUT2D eigenvalue weighted by atomic mass is 35.5. The summed E-state index contributed by atoms with van der Waals surface area (Å²) in [6.45, 7) is 4.22. The van der Waals surface area contributed by atoms with Gasteiger partial charge in [0, 0.05) is 24.7 Å². The van der Waals surface area contributed by atoms with Gasteiger partial charge in [-0.2, -0.15) is 10.2 Å². The molecule has 1 aromatic carbocycles. The molecule has 0 saturated carbocycles. The third-order valence-corrected chi connectivity index (χ3v) is 5.74. The Morgan fingerprint density at radius 3 is 2.68 bits per heavy atom. The molecular weight excluding hydrogens is 419 g/mol. The number of hydrogen-bond acceptors (Lipinski definition) is 5. The molecule has 0 spiro atoms. The van der Waals surface area contributed by atoms with E-state index >= 15 is 0 Å². The molecule has 3 heterocycles. The Balaban J connectivity index is 1.60. The molecule has 6 nitrogen and oxygen atoms in total. The normalized spacial score (nSPS) is 19.3. The van der Waals surface area contributed by atoms with Gasteiger partial charge in [0.25, 0.3) is 5.91 Å². The Kier molecular flexibility index (Phi) is 6.13. The molecule has 0 N–H and O–H groups in total. The lowest BCUT2D eigenvalue weighted by Crippen LogP contribution is -2.44. The predicted molar refractivity (Wildman–Crippen MR) is 115 cm³/mol. The molecule has 0 radical (unpaired) electrons. The zero-order chi connectivity index (χ0) is 22.0. The summed E-state index contributed by atoms with van der Waals surface area (Å²) in [6.07, 6.45) is 3.36. The molecule has 3 atom stereocenters. The molecule has 3 aromatic rings. The lowest BCUT2D eigenvalue weighted by atomic mass is 9.95. The summed E-state index contributed by atoms with van der Waals surface area (Å²) < 4.78 is 19.4. The molecule has 2 aromatic heterocycles. The highest BCUT2D eigenvalue weighted by Crippen LogP contribution is 2.35. The maximum atomic E-state index is 13.4. The number of likely N-dealkylation sites (tertiary alicyclic amines) is 1. The Hall–Kier alpha value is -3.06. The van der Waals surface area contributed by atoms with Gasteiger partial charge in [0.15, 0.2) is 0 Å². The lowest BCUT2D eigenvalue weighted by molar-refractivity contribution is 0.0580. The lowest BCUT2D eigenvalue weighted by Gasteiger charge is -2.29. The van der Waals surface area contributed by atoms with Crippen LogP contribution >= 0.6 is 11.6 Å². The highest BCUT2D eigenvalue weighted by molar-refractivity contribution is 6.30. The van der Waals surface area contributed by atoms with Gasteiger partial charge in [-0.05, 0) is 50.1 Å². The van der Waals surface area contributed by atoms with E-state index in [0.29, 0.717) is 35.1 Å². The topological polar surface area (TPSA) is 68.2 Å². The zero-order valence-electron chi connectivity index (χ0n) is 17.2. The van der Waals surface area contributed by atoms with Crippen molar-refractivity contribution in [1.82, 2.24) is 20.1 Å². The van der Waals surface area contributed by atoms with E-state index in [1.807, 2.05) is 11.8 Å².